The summed E-state index contributed by atoms with van der Waals surface area (Å²) in [6.45, 7) is 1.77. The zero-order valence-electron chi connectivity index (χ0n) is 9.80. The minimum atomic E-state index is -0.404. The number of rotatable bonds is 2. The number of urea groups is 1. The van der Waals surface area contributed by atoms with Crippen molar-refractivity contribution in [3.8, 4) is 12.3 Å². The molecule has 0 aromatic heterocycles. The quantitative estimate of drug-likeness (QED) is 0.852. The van der Waals surface area contributed by atoms with E-state index in [0.717, 1.165) is 10.0 Å². The van der Waals surface area contributed by atoms with Crippen LogP contribution in [0.2, 0.25) is 0 Å². The molecule has 1 heterocycles. The fourth-order valence-corrected chi connectivity index (χ4v) is 2.46. The van der Waals surface area contributed by atoms with Gasteiger partial charge in [-0.05, 0) is 18.6 Å². The molecule has 1 aliphatic rings. The third-order valence-corrected chi connectivity index (χ3v) is 3.58. The van der Waals surface area contributed by atoms with Gasteiger partial charge >= 0.3 is 6.03 Å². The molecular weight excluding hydrogens is 294 g/mol. The van der Waals surface area contributed by atoms with Gasteiger partial charge in [0, 0.05) is 4.47 Å². The third kappa shape index (κ3) is 2.00. The summed E-state index contributed by atoms with van der Waals surface area (Å²) < 4.78 is 0.872. The molecule has 1 aliphatic heterocycles. The zero-order valence-corrected chi connectivity index (χ0v) is 11.4. The Hall–Kier alpha value is -1.80. The summed E-state index contributed by atoms with van der Waals surface area (Å²) in [5.41, 5.74) is 6.73. The van der Waals surface area contributed by atoms with Crippen molar-refractivity contribution in [2.45, 2.75) is 19.0 Å². The SMILES string of the molecule is C#CC(C)N1C(=O)N=C(N)C1c1ccccc1Br. The van der Waals surface area contributed by atoms with Crippen LogP contribution in [0.3, 0.4) is 0 Å². The number of hydrogen-bond donors (Lipinski definition) is 1. The van der Waals surface area contributed by atoms with E-state index in [0.29, 0.717) is 0 Å². The van der Waals surface area contributed by atoms with Crippen molar-refractivity contribution in [2.75, 3.05) is 0 Å². The number of halogens is 1. The van der Waals surface area contributed by atoms with Crippen molar-refractivity contribution >= 4 is 27.8 Å². The van der Waals surface area contributed by atoms with Crippen molar-refractivity contribution in [3.05, 3.63) is 34.3 Å². The molecule has 92 valence electrons. The van der Waals surface area contributed by atoms with Gasteiger partial charge in [0.05, 0.1) is 6.04 Å². The number of nitrogens with zero attached hydrogens (tertiary/aromatic N) is 2. The minimum absolute atomic E-state index is 0.272. The highest BCUT2D eigenvalue weighted by Crippen LogP contribution is 2.33. The lowest BCUT2D eigenvalue weighted by Crippen LogP contribution is -2.39. The molecule has 18 heavy (non-hydrogen) atoms. The molecule has 1 aromatic rings. The Morgan fingerprint density at radius 2 is 2.22 bits per heavy atom. The van der Waals surface area contributed by atoms with Gasteiger partial charge in [-0.25, -0.2) is 4.79 Å². The van der Waals surface area contributed by atoms with E-state index in [1.54, 1.807) is 6.92 Å². The molecule has 2 atom stereocenters. The van der Waals surface area contributed by atoms with Crippen molar-refractivity contribution in [3.63, 3.8) is 0 Å². The van der Waals surface area contributed by atoms with Crippen LogP contribution in [0, 0.1) is 12.3 Å². The summed E-state index contributed by atoms with van der Waals surface area (Å²) in [6.07, 6.45) is 5.39. The first-order valence-corrected chi connectivity index (χ1v) is 6.22. The largest absolute Gasteiger partial charge is 0.385 e. The molecule has 2 amide bonds. The summed E-state index contributed by atoms with van der Waals surface area (Å²) >= 11 is 3.45. The molecule has 5 heteroatoms. The first-order chi connectivity index (χ1) is 8.56. The Morgan fingerprint density at radius 1 is 1.56 bits per heavy atom. The summed E-state index contributed by atoms with van der Waals surface area (Å²) in [6, 6.07) is 6.41. The predicted molar refractivity (Wildman–Crippen MR) is 74.0 cm³/mol. The van der Waals surface area contributed by atoms with E-state index in [-0.39, 0.29) is 11.9 Å². The maximum atomic E-state index is 11.8. The predicted octanol–water partition coefficient (Wildman–Crippen LogP) is 2.30. The Morgan fingerprint density at radius 3 is 2.83 bits per heavy atom. The van der Waals surface area contributed by atoms with Gasteiger partial charge in [0.25, 0.3) is 0 Å². The van der Waals surface area contributed by atoms with Gasteiger partial charge in [0.15, 0.2) is 0 Å². The van der Waals surface area contributed by atoms with Gasteiger partial charge in [0.1, 0.15) is 11.9 Å². The van der Waals surface area contributed by atoms with E-state index in [9.17, 15) is 4.79 Å². The van der Waals surface area contributed by atoms with E-state index in [4.69, 9.17) is 12.2 Å². The van der Waals surface area contributed by atoms with Gasteiger partial charge in [-0.3, -0.25) is 4.90 Å². The molecule has 0 bridgehead atoms. The average Bonchev–Trinajstić information content (AvgIpc) is 2.64. The zero-order chi connectivity index (χ0) is 13.3. The molecule has 2 unspecified atom stereocenters. The van der Waals surface area contributed by atoms with Crippen LogP contribution in [0.5, 0.6) is 0 Å². The summed E-state index contributed by atoms with van der Waals surface area (Å²) in [5.74, 6) is 2.81. The number of hydrogen-bond acceptors (Lipinski definition) is 2. The number of terminal acetylenes is 1. The van der Waals surface area contributed by atoms with E-state index in [1.165, 1.54) is 4.90 Å². The molecule has 4 nitrogen and oxygen atoms in total. The number of nitrogens with two attached hydrogens (primary N) is 1. The van der Waals surface area contributed by atoms with Crippen molar-refractivity contribution in [1.29, 1.82) is 0 Å². The van der Waals surface area contributed by atoms with Crippen LogP contribution in [0.15, 0.2) is 33.7 Å². The Kier molecular flexibility index (Phi) is 3.39. The molecule has 0 saturated carbocycles. The molecule has 2 rings (SSSR count). The van der Waals surface area contributed by atoms with Gasteiger partial charge in [-0.15, -0.1) is 6.42 Å². The number of aliphatic imine (C=N–C) groups is 1. The van der Waals surface area contributed by atoms with Crippen LogP contribution < -0.4 is 5.73 Å². The van der Waals surface area contributed by atoms with E-state index < -0.39 is 12.1 Å². The van der Waals surface area contributed by atoms with Crippen LogP contribution in [-0.4, -0.2) is 22.8 Å². The molecule has 2 N–H and O–H groups in total. The second kappa shape index (κ2) is 4.83. The molecule has 0 radical (unpaired) electrons. The smallest absolute Gasteiger partial charge is 0.347 e. The number of carbonyl (C=O) groups is 1. The maximum Gasteiger partial charge on any atom is 0.347 e. The second-order valence-electron chi connectivity index (χ2n) is 3.99. The number of amidine groups is 1. The summed E-state index contributed by atoms with van der Waals surface area (Å²) in [4.78, 5) is 17.1. The first kappa shape index (κ1) is 12.7. The highest BCUT2D eigenvalue weighted by molar-refractivity contribution is 9.10. The lowest BCUT2D eigenvalue weighted by molar-refractivity contribution is 0.199. The monoisotopic (exact) mass is 305 g/mol. The van der Waals surface area contributed by atoms with E-state index >= 15 is 0 Å². The molecule has 0 fully saturated rings. The highest BCUT2D eigenvalue weighted by atomic mass is 79.9. The lowest BCUT2D eigenvalue weighted by atomic mass is 10.0. The van der Waals surface area contributed by atoms with Crippen molar-refractivity contribution in [2.24, 2.45) is 10.7 Å². The van der Waals surface area contributed by atoms with Gasteiger partial charge in [-0.2, -0.15) is 4.99 Å². The molecule has 0 saturated heterocycles. The first-order valence-electron chi connectivity index (χ1n) is 5.43. The fraction of sp³-hybridized carbons (Fsp3) is 0.231. The Bertz CT molecular complexity index is 562. The van der Waals surface area contributed by atoms with E-state index in [1.807, 2.05) is 24.3 Å². The lowest BCUT2D eigenvalue weighted by Gasteiger charge is -2.27. The van der Waals surface area contributed by atoms with Crippen LogP contribution in [-0.2, 0) is 0 Å². The third-order valence-electron chi connectivity index (χ3n) is 2.86. The standard InChI is InChI=1S/C13H12BrN3O/c1-3-8(2)17-11(12(15)16-13(17)18)9-6-4-5-7-10(9)14/h1,4-8,11H,2H3,(H2,15,16,18). The fourth-order valence-electron chi connectivity index (χ4n) is 1.96. The molecule has 0 aliphatic carbocycles. The molecule has 1 aromatic carbocycles. The van der Waals surface area contributed by atoms with Crippen molar-refractivity contribution in [1.82, 2.24) is 4.90 Å². The average molecular weight is 306 g/mol. The second-order valence-corrected chi connectivity index (χ2v) is 4.85. The topological polar surface area (TPSA) is 58.7 Å². The number of amides is 2. The van der Waals surface area contributed by atoms with Crippen molar-refractivity contribution < 1.29 is 4.79 Å². The van der Waals surface area contributed by atoms with Gasteiger partial charge in [-0.1, -0.05) is 40.0 Å². The highest BCUT2D eigenvalue weighted by Gasteiger charge is 2.37. The Labute approximate surface area is 114 Å². The van der Waals surface area contributed by atoms with E-state index in [2.05, 4.69) is 26.8 Å². The van der Waals surface area contributed by atoms with Crippen LogP contribution >= 0.6 is 15.9 Å². The van der Waals surface area contributed by atoms with Crippen LogP contribution in [0.4, 0.5) is 4.79 Å². The number of carbonyl (C=O) groups excluding carboxylic acids is 1. The minimum Gasteiger partial charge on any atom is -0.385 e. The van der Waals surface area contributed by atoms with Crippen LogP contribution in [0.1, 0.15) is 18.5 Å². The summed E-state index contributed by atoms with van der Waals surface area (Å²) in [5, 5.41) is 0. The number of benzene rings is 1. The van der Waals surface area contributed by atoms with Gasteiger partial charge < -0.3 is 5.73 Å². The maximum absolute atomic E-state index is 11.8. The Balaban J connectivity index is 2.48. The molecule has 0 spiro atoms. The van der Waals surface area contributed by atoms with Gasteiger partial charge in [0.2, 0.25) is 0 Å². The van der Waals surface area contributed by atoms with Crippen LogP contribution in [0.25, 0.3) is 0 Å². The molecular formula is C13H12BrN3O. The normalized spacial score (nSPS) is 20.5. The summed E-state index contributed by atoms with van der Waals surface area (Å²) in [7, 11) is 0.